The summed E-state index contributed by atoms with van der Waals surface area (Å²) in [5.74, 6) is -0.538. The van der Waals surface area contributed by atoms with Gasteiger partial charge >= 0.3 is 5.97 Å². The average Bonchev–Trinajstić information content (AvgIpc) is 2.47. The van der Waals surface area contributed by atoms with Crippen LogP contribution in [0, 0.1) is 0 Å². The number of aliphatic hydroxyl groups excluding tert-OH is 1. The number of aliphatic hydroxyl groups is 1. The summed E-state index contributed by atoms with van der Waals surface area (Å²) in [7, 11) is 1.28. The Morgan fingerprint density at radius 3 is 2.64 bits per heavy atom. The molecule has 0 amide bonds. The van der Waals surface area contributed by atoms with Crippen LogP contribution in [0.25, 0.3) is 0 Å². The summed E-state index contributed by atoms with van der Waals surface area (Å²) in [5, 5.41) is 8.91. The van der Waals surface area contributed by atoms with Crippen LogP contribution in [-0.4, -0.2) is 29.4 Å². The van der Waals surface area contributed by atoms with Gasteiger partial charge in [-0.1, -0.05) is 0 Å². The normalized spacial score (nSPS) is 20.5. The lowest BCUT2D eigenvalue weighted by Gasteiger charge is -2.10. The number of nitrogens with zero attached hydrogens (tertiary/aromatic N) is 1. The number of carbonyl (C=O) groups excluding carboxylic acids is 1. The molecule has 0 aromatic carbocycles. The Morgan fingerprint density at radius 2 is 2.29 bits per heavy atom. The van der Waals surface area contributed by atoms with Crippen molar-refractivity contribution in [2.75, 3.05) is 7.11 Å². The number of esters is 1. The first kappa shape index (κ1) is 10.8. The minimum atomic E-state index is -0.538. The predicted molar refractivity (Wildman–Crippen MR) is 53.5 cm³/mol. The first-order valence-electron chi connectivity index (χ1n) is 4.52. The van der Waals surface area contributed by atoms with Gasteiger partial charge in [0.1, 0.15) is 5.57 Å². The molecule has 0 aromatic rings. The zero-order valence-corrected chi connectivity index (χ0v) is 8.70. The van der Waals surface area contributed by atoms with Crippen molar-refractivity contribution in [3.63, 3.8) is 0 Å². The molecule has 0 aliphatic carbocycles. The Morgan fingerprint density at radius 1 is 1.64 bits per heavy atom. The van der Waals surface area contributed by atoms with Gasteiger partial charge in [0.05, 0.1) is 24.6 Å². The van der Waals surface area contributed by atoms with Crippen LogP contribution in [0.1, 0.15) is 26.7 Å². The fourth-order valence-corrected chi connectivity index (χ4v) is 1.45. The topological polar surface area (TPSA) is 58.9 Å². The maximum absolute atomic E-state index is 11.2. The van der Waals surface area contributed by atoms with E-state index in [1.807, 2.05) is 13.8 Å². The third kappa shape index (κ3) is 2.13. The fourth-order valence-electron chi connectivity index (χ4n) is 1.45. The largest absolute Gasteiger partial charge is 0.515 e. The summed E-state index contributed by atoms with van der Waals surface area (Å²) >= 11 is 0. The molecule has 1 aliphatic rings. The van der Waals surface area contributed by atoms with Gasteiger partial charge in [-0.05, 0) is 26.7 Å². The second kappa shape index (κ2) is 3.82. The van der Waals surface area contributed by atoms with Gasteiger partial charge in [0.2, 0.25) is 0 Å². The van der Waals surface area contributed by atoms with E-state index in [1.54, 1.807) is 0 Å². The molecule has 78 valence electrons. The third-order valence-corrected chi connectivity index (χ3v) is 2.26. The molecular weight excluding hydrogens is 182 g/mol. The molecule has 0 fully saturated rings. The Hall–Kier alpha value is -1.32. The van der Waals surface area contributed by atoms with Crippen molar-refractivity contribution in [2.45, 2.75) is 32.2 Å². The molecule has 0 bridgehead atoms. The highest BCUT2D eigenvalue weighted by Crippen LogP contribution is 2.27. The molecule has 0 saturated carbocycles. The van der Waals surface area contributed by atoms with Crippen LogP contribution >= 0.6 is 0 Å². The zero-order valence-electron chi connectivity index (χ0n) is 8.70. The molecular formula is C10H15NO3. The summed E-state index contributed by atoms with van der Waals surface area (Å²) in [5.41, 5.74) is 0.653. The van der Waals surface area contributed by atoms with Crippen molar-refractivity contribution < 1.29 is 14.6 Å². The maximum Gasteiger partial charge on any atom is 0.342 e. The SMILES string of the molecule is COC(=O)/C(=C/O)C1=NC(C)(C)CC1. The van der Waals surface area contributed by atoms with E-state index in [9.17, 15) is 4.79 Å². The van der Waals surface area contributed by atoms with Gasteiger partial charge in [-0.25, -0.2) is 4.79 Å². The molecule has 4 nitrogen and oxygen atoms in total. The number of hydrogen-bond donors (Lipinski definition) is 1. The van der Waals surface area contributed by atoms with Gasteiger partial charge in [-0.3, -0.25) is 4.99 Å². The highest BCUT2D eigenvalue weighted by molar-refractivity contribution is 6.20. The van der Waals surface area contributed by atoms with Crippen LogP contribution in [-0.2, 0) is 9.53 Å². The zero-order chi connectivity index (χ0) is 10.8. The number of rotatable bonds is 2. The van der Waals surface area contributed by atoms with E-state index in [-0.39, 0.29) is 11.1 Å². The van der Waals surface area contributed by atoms with Crippen LogP contribution < -0.4 is 0 Å². The second-order valence-electron chi connectivity index (χ2n) is 3.91. The number of carbonyl (C=O) groups is 1. The summed E-state index contributed by atoms with van der Waals surface area (Å²) < 4.78 is 4.54. The molecule has 1 aliphatic heterocycles. The molecule has 1 heterocycles. The standard InChI is InChI=1S/C10H15NO3/c1-10(2)5-4-8(11-10)7(6-12)9(13)14-3/h6,12H,4-5H2,1-3H3/b7-6+. The summed E-state index contributed by atoms with van der Waals surface area (Å²) in [6.07, 6.45) is 2.36. The molecule has 14 heavy (non-hydrogen) atoms. The molecule has 0 aromatic heterocycles. The third-order valence-electron chi connectivity index (χ3n) is 2.26. The van der Waals surface area contributed by atoms with Gasteiger partial charge < -0.3 is 9.84 Å². The minimum absolute atomic E-state index is 0.141. The van der Waals surface area contributed by atoms with Gasteiger partial charge in [0.25, 0.3) is 0 Å². The van der Waals surface area contributed by atoms with Crippen LogP contribution in [0.3, 0.4) is 0 Å². The van der Waals surface area contributed by atoms with Crippen molar-refractivity contribution in [1.82, 2.24) is 0 Å². The first-order valence-corrected chi connectivity index (χ1v) is 4.52. The summed E-state index contributed by atoms with van der Waals surface area (Å²) in [4.78, 5) is 15.6. The van der Waals surface area contributed by atoms with Crippen LogP contribution in [0.15, 0.2) is 16.8 Å². The smallest absolute Gasteiger partial charge is 0.342 e. The molecule has 0 spiro atoms. The highest BCUT2D eigenvalue weighted by atomic mass is 16.5. The minimum Gasteiger partial charge on any atom is -0.515 e. The number of hydrogen-bond acceptors (Lipinski definition) is 4. The van der Waals surface area contributed by atoms with Crippen molar-refractivity contribution in [2.24, 2.45) is 4.99 Å². The van der Waals surface area contributed by atoms with Gasteiger partial charge in [-0.15, -0.1) is 0 Å². The Labute approximate surface area is 83.3 Å². The van der Waals surface area contributed by atoms with E-state index in [0.29, 0.717) is 12.1 Å². The lowest BCUT2D eigenvalue weighted by atomic mass is 10.0. The average molecular weight is 197 g/mol. The van der Waals surface area contributed by atoms with E-state index in [4.69, 9.17) is 5.11 Å². The molecule has 1 rings (SSSR count). The fraction of sp³-hybridized carbons (Fsp3) is 0.600. The van der Waals surface area contributed by atoms with E-state index < -0.39 is 5.97 Å². The molecule has 1 N–H and O–H groups in total. The lowest BCUT2D eigenvalue weighted by Crippen LogP contribution is -2.13. The van der Waals surface area contributed by atoms with Crippen LogP contribution in [0.4, 0.5) is 0 Å². The number of aliphatic imine (C=N–C) groups is 1. The number of methoxy groups -OCH3 is 1. The van der Waals surface area contributed by atoms with Crippen LogP contribution in [0.5, 0.6) is 0 Å². The van der Waals surface area contributed by atoms with Gasteiger partial charge in [-0.2, -0.15) is 0 Å². The van der Waals surface area contributed by atoms with E-state index >= 15 is 0 Å². The Balaban J connectivity index is 2.89. The lowest BCUT2D eigenvalue weighted by molar-refractivity contribution is -0.135. The van der Waals surface area contributed by atoms with Crippen LogP contribution in [0.2, 0.25) is 0 Å². The van der Waals surface area contributed by atoms with Gasteiger partial charge in [0, 0.05) is 0 Å². The predicted octanol–water partition coefficient (Wildman–Crippen LogP) is 1.61. The molecule has 0 atom stereocenters. The monoisotopic (exact) mass is 197 g/mol. The summed E-state index contributed by atoms with van der Waals surface area (Å²) in [6, 6.07) is 0. The highest BCUT2D eigenvalue weighted by Gasteiger charge is 2.29. The van der Waals surface area contributed by atoms with E-state index in [0.717, 1.165) is 12.7 Å². The van der Waals surface area contributed by atoms with Gasteiger partial charge in [0.15, 0.2) is 0 Å². The quantitative estimate of drug-likeness (QED) is 0.415. The molecule has 0 saturated heterocycles. The van der Waals surface area contributed by atoms with Crippen molar-refractivity contribution in [3.8, 4) is 0 Å². The first-order chi connectivity index (χ1) is 6.50. The maximum atomic E-state index is 11.2. The molecule has 0 radical (unpaired) electrons. The Kier molecular flexibility index (Phi) is 2.93. The summed E-state index contributed by atoms with van der Waals surface area (Å²) in [6.45, 7) is 3.98. The molecule has 0 unspecified atom stereocenters. The van der Waals surface area contributed by atoms with Crippen molar-refractivity contribution in [3.05, 3.63) is 11.8 Å². The number of ether oxygens (including phenoxy) is 1. The Bertz CT molecular complexity index is 302. The molecule has 4 heteroatoms. The van der Waals surface area contributed by atoms with Crippen molar-refractivity contribution >= 4 is 11.7 Å². The second-order valence-corrected chi connectivity index (χ2v) is 3.91. The van der Waals surface area contributed by atoms with E-state index in [1.165, 1.54) is 7.11 Å². The van der Waals surface area contributed by atoms with Crippen molar-refractivity contribution in [1.29, 1.82) is 0 Å². The van der Waals surface area contributed by atoms with E-state index in [2.05, 4.69) is 9.73 Å².